The van der Waals surface area contributed by atoms with Gasteiger partial charge in [0.05, 0.1) is 0 Å². The highest BCUT2D eigenvalue weighted by Crippen LogP contribution is 2.24. The van der Waals surface area contributed by atoms with E-state index in [1.165, 1.54) is 74.9 Å². The molecule has 18 heavy (non-hydrogen) atoms. The fraction of sp³-hybridized carbons (Fsp3) is 0.800. The van der Waals surface area contributed by atoms with Gasteiger partial charge in [-0.3, -0.25) is 4.79 Å². The minimum atomic E-state index is 0.208. The molecule has 0 amide bonds. The quantitative estimate of drug-likeness (QED) is 0.328. The van der Waals surface area contributed by atoms with Gasteiger partial charge < -0.3 is 0 Å². The Morgan fingerprint density at radius 1 is 1.11 bits per heavy atom. The van der Waals surface area contributed by atoms with Gasteiger partial charge in [-0.2, -0.15) is 0 Å². The molecular weight excluding hydrogens is 260 g/mol. The van der Waals surface area contributed by atoms with Crippen molar-refractivity contribution >= 4 is 28.0 Å². The summed E-state index contributed by atoms with van der Waals surface area (Å²) < 4.78 is 0.208. The molecule has 0 aromatic heterocycles. The van der Waals surface area contributed by atoms with Crippen molar-refractivity contribution in [3.05, 3.63) is 12.7 Å². The van der Waals surface area contributed by atoms with Gasteiger partial charge in [-0.15, -0.1) is 6.58 Å². The van der Waals surface area contributed by atoms with Gasteiger partial charge in [-0.05, 0) is 12.7 Å². The minimum absolute atomic E-state index is 0.208. The molecule has 0 aliphatic rings. The summed E-state index contributed by atoms with van der Waals surface area (Å²) in [4.78, 5) is 11.3. The van der Waals surface area contributed by atoms with Crippen LogP contribution in [0.25, 0.3) is 0 Å². The smallest absolute Gasteiger partial charge is 0.246 e. The van der Waals surface area contributed by atoms with Crippen LogP contribution in [-0.2, 0) is 0 Å². The molecule has 0 aromatic carbocycles. The summed E-state index contributed by atoms with van der Waals surface area (Å²) in [6.07, 6.45) is 15.6. The zero-order chi connectivity index (χ0) is 13.6. The fourth-order valence-corrected chi connectivity index (χ4v) is 3.26. The van der Waals surface area contributed by atoms with E-state index < -0.39 is 0 Å². The van der Waals surface area contributed by atoms with Crippen LogP contribution in [-0.4, -0.2) is 16.0 Å². The van der Waals surface area contributed by atoms with E-state index in [9.17, 15) is 4.79 Å². The molecule has 0 rings (SSSR count). The van der Waals surface area contributed by atoms with Crippen LogP contribution in [0.4, 0.5) is 4.79 Å². The van der Waals surface area contributed by atoms with Gasteiger partial charge in [0.15, 0.2) is 0 Å². The van der Waals surface area contributed by atoms with E-state index in [-0.39, 0.29) is 4.45 Å². The second kappa shape index (κ2) is 13.5. The number of hydrogen-bond acceptors (Lipinski definition) is 3. The van der Waals surface area contributed by atoms with Crippen LogP contribution in [0.15, 0.2) is 12.7 Å². The highest BCUT2D eigenvalue weighted by molar-refractivity contribution is 8.38. The Balaban J connectivity index is 3.39. The van der Waals surface area contributed by atoms with Crippen LogP contribution in [0, 0.1) is 0 Å². The van der Waals surface area contributed by atoms with Crippen molar-refractivity contribution in [2.45, 2.75) is 70.0 Å². The Labute approximate surface area is 122 Å². The van der Waals surface area contributed by atoms with Crippen molar-refractivity contribution in [1.82, 2.24) is 0 Å². The predicted octanol–water partition coefficient (Wildman–Crippen LogP) is 6.29. The van der Waals surface area contributed by atoms with Gasteiger partial charge in [0, 0.05) is 5.25 Å². The molecule has 0 aliphatic heterocycles. The molecule has 106 valence electrons. The average Bonchev–Trinajstić information content (AvgIpc) is 2.40. The van der Waals surface area contributed by atoms with Gasteiger partial charge in [0.2, 0.25) is 4.45 Å². The monoisotopic (exact) mass is 288 g/mol. The van der Waals surface area contributed by atoms with Crippen molar-refractivity contribution in [2.24, 2.45) is 0 Å². The summed E-state index contributed by atoms with van der Waals surface area (Å²) in [7, 11) is 0. The molecule has 0 saturated carbocycles. The van der Waals surface area contributed by atoms with E-state index >= 15 is 0 Å². The van der Waals surface area contributed by atoms with E-state index in [4.69, 9.17) is 0 Å². The summed E-state index contributed by atoms with van der Waals surface area (Å²) in [5.41, 5.74) is 0. The van der Waals surface area contributed by atoms with Gasteiger partial charge in [0.25, 0.3) is 0 Å². The zero-order valence-corrected chi connectivity index (χ0v) is 13.6. The van der Waals surface area contributed by atoms with Crippen molar-refractivity contribution in [2.75, 3.05) is 6.26 Å². The summed E-state index contributed by atoms with van der Waals surface area (Å²) in [5, 5.41) is 0.310. The molecule has 0 aliphatic carbocycles. The van der Waals surface area contributed by atoms with Crippen molar-refractivity contribution in [3.63, 3.8) is 0 Å². The van der Waals surface area contributed by atoms with Gasteiger partial charge >= 0.3 is 0 Å². The normalized spacial score (nSPS) is 12.3. The maximum Gasteiger partial charge on any atom is 0.246 e. The van der Waals surface area contributed by atoms with E-state index in [2.05, 4.69) is 13.5 Å². The highest BCUT2D eigenvalue weighted by Gasteiger charge is 2.09. The molecule has 1 unspecified atom stereocenters. The Morgan fingerprint density at radius 3 is 2.17 bits per heavy atom. The minimum Gasteiger partial charge on any atom is -0.274 e. The first-order valence-electron chi connectivity index (χ1n) is 7.11. The van der Waals surface area contributed by atoms with E-state index in [1.54, 1.807) is 0 Å². The number of thioether (sulfide) groups is 2. The van der Waals surface area contributed by atoms with Gasteiger partial charge in [0.1, 0.15) is 0 Å². The zero-order valence-electron chi connectivity index (χ0n) is 12.0. The lowest BCUT2D eigenvalue weighted by molar-refractivity contribution is 0.276. The van der Waals surface area contributed by atoms with E-state index in [1.807, 2.05) is 12.3 Å². The first-order chi connectivity index (χ1) is 8.74. The van der Waals surface area contributed by atoms with Crippen LogP contribution >= 0.6 is 23.5 Å². The first kappa shape index (κ1) is 18.1. The summed E-state index contributed by atoms with van der Waals surface area (Å²) >= 11 is 2.73. The van der Waals surface area contributed by atoms with Crippen LogP contribution in [0.2, 0.25) is 0 Å². The Morgan fingerprint density at radius 2 is 1.67 bits per heavy atom. The largest absolute Gasteiger partial charge is 0.274 e. The molecule has 0 N–H and O–H groups in total. The molecule has 0 bridgehead atoms. The standard InChI is InChI=1S/C15H28OS2/c1-4-6-7-8-9-10-11-12-13-14(5-2)18-15(16)17-3/h5,14H,2,4,6-13H2,1,3H3. The Kier molecular flexibility index (Phi) is 13.6. The lowest BCUT2D eigenvalue weighted by atomic mass is 10.1. The van der Waals surface area contributed by atoms with Crippen LogP contribution < -0.4 is 0 Å². The third-order valence-corrected chi connectivity index (χ3v) is 5.06. The lowest BCUT2D eigenvalue weighted by Gasteiger charge is -2.09. The second-order valence-electron chi connectivity index (χ2n) is 4.61. The second-order valence-corrected chi connectivity index (χ2v) is 6.86. The SMILES string of the molecule is C=CC(CCCCCCCCCC)SC(=O)SC. The molecule has 0 heterocycles. The molecule has 0 saturated heterocycles. The first-order valence-corrected chi connectivity index (χ1v) is 9.22. The maximum absolute atomic E-state index is 11.3. The van der Waals surface area contributed by atoms with Crippen molar-refractivity contribution in [1.29, 1.82) is 0 Å². The number of carbonyl (C=O) groups excluding carboxylic acids is 1. The Hall–Kier alpha value is 0.110. The molecule has 0 radical (unpaired) electrons. The predicted molar refractivity (Wildman–Crippen MR) is 87.7 cm³/mol. The molecule has 3 heteroatoms. The van der Waals surface area contributed by atoms with E-state index in [0.29, 0.717) is 5.25 Å². The summed E-state index contributed by atoms with van der Waals surface area (Å²) in [5.74, 6) is 0. The number of carbonyl (C=O) groups is 1. The number of rotatable bonds is 11. The molecular formula is C15H28OS2. The number of unbranched alkanes of at least 4 members (excludes halogenated alkanes) is 7. The Bertz CT molecular complexity index is 217. The topological polar surface area (TPSA) is 17.1 Å². The lowest BCUT2D eigenvalue weighted by Crippen LogP contribution is -2.00. The maximum atomic E-state index is 11.3. The molecule has 1 atom stereocenters. The fourth-order valence-electron chi connectivity index (χ4n) is 1.88. The summed E-state index contributed by atoms with van der Waals surface area (Å²) in [6.45, 7) is 6.07. The third kappa shape index (κ3) is 11.2. The van der Waals surface area contributed by atoms with Crippen LogP contribution in [0.5, 0.6) is 0 Å². The molecule has 0 fully saturated rings. The van der Waals surface area contributed by atoms with E-state index in [0.717, 1.165) is 6.42 Å². The van der Waals surface area contributed by atoms with Crippen LogP contribution in [0.1, 0.15) is 64.7 Å². The molecule has 0 spiro atoms. The van der Waals surface area contributed by atoms with Crippen LogP contribution in [0.3, 0.4) is 0 Å². The van der Waals surface area contributed by atoms with Gasteiger partial charge in [-0.1, -0.05) is 87.9 Å². The van der Waals surface area contributed by atoms with Crippen molar-refractivity contribution < 1.29 is 4.79 Å². The average molecular weight is 289 g/mol. The molecule has 1 nitrogen and oxygen atoms in total. The van der Waals surface area contributed by atoms with Gasteiger partial charge in [-0.25, -0.2) is 0 Å². The van der Waals surface area contributed by atoms with Crippen molar-refractivity contribution in [3.8, 4) is 0 Å². The highest BCUT2D eigenvalue weighted by atomic mass is 32.2. The molecule has 0 aromatic rings. The summed E-state index contributed by atoms with van der Waals surface area (Å²) in [6, 6.07) is 0. The third-order valence-electron chi connectivity index (χ3n) is 3.02. The number of hydrogen-bond donors (Lipinski definition) is 0.